The molecule has 1 aromatic heterocycles. The summed E-state index contributed by atoms with van der Waals surface area (Å²) in [6, 6.07) is 10.1. The summed E-state index contributed by atoms with van der Waals surface area (Å²) in [5.41, 5.74) is 1.45. The van der Waals surface area contributed by atoms with Crippen LogP contribution in [0.3, 0.4) is 0 Å². The van der Waals surface area contributed by atoms with Crippen molar-refractivity contribution in [3.63, 3.8) is 0 Å². The number of likely N-dealkylation sites (tertiary alicyclic amines) is 1. The molecule has 29 heavy (non-hydrogen) atoms. The Labute approximate surface area is 168 Å². The Morgan fingerprint density at radius 1 is 1.03 bits per heavy atom. The molecule has 0 radical (unpaired) electrons. The Bertz CT molecular complexity index is 1020. The van der Waals surface area contributed by atoms with Crippen molar-refractivity contribution in [1.29, 1.82) is 0 Å². The molecule has 2 atom stereocenters. The van der Waals surface area contributed by atoms with Gasteiger partial charge in [-0.1, -0.05) is 12.1 Å². The summed E-state index contributed by atoms with van der Waals surface area (Å²) in [7, 11) is 1.53. The van der Waals surface area contributed by atoms with Crippen LogP contribution in [0.1, 0.15) is 25.0 Å². The van der Waals surface area contributed by atoms with E-state index in [4.69, 9.17) is 4.74 Å². The summed E-state index contributed by atoms with van der Waals surface area (Å²) in [5, 5.41) is 5.36. The van der Waals surface area contributed by atoms with Gasteiger partial charge in [-0.3, -0.25) is 9.59 Å². The van der Waals surface area contributed by atoms with Gasteiger partial charge < -0.3 is 24.8 Å². The number of aromatic nitrogens is 1. The summed E-state index contributed by atoms with van der Waals surface area (Å²) >= 11 is 0. The lowest BCUT2D eigenvalue weighted by molar-refractivity contribution is -0.131. The number of piperidine rings is 1. The van der Waals surface area contributed by atoms with Crippen molar-refractivity contribution in [2.45, 2.75) is 25.8 Å². The second kappa shape index (κ2) is 7.62. The molecule has 2 aliphatic heterocycles. The van der Waals surface area contributed by atoms with Crippen LogP contribution in [0.25, 0.3) is 0 Å². The fourth-order valence-electron chi connectivity index (χ4n) is 4.32. The SMILES string of the molecule is COc1ccccc1NC(=O)Nc1ccc2n(c1=O)C[C@H]1C[C@@H]2CN(C(C)=O)C1. The smallest absolute Gasteiger partial charge is 0.323 e. The van der Waals surface area contributed by atoms with E-state index in [1.54, 1.807) is 35.8 Å². The van der Waals surface area contributed by atoms with Crippen molar-refractivity contribution in [2.75, 3.05) is 30.8 Å². The van der Waals surface area contributed by atoms with Gasteiger partial charge in [0.2, 0.25) is 5.91 Å². The highest BCUT2D eigenvalue weighted by molar-refractivity contribution is 6.00. The number of amides is 3. The van der Waals surface area contributed by atoms with Crippen LogP contribution < -0.4 is 20.9 Å². The number of hydrogen-bond donors (Lipinski definition) is 2. The zero-order chi connectivity index (χ0) is 20.5. The molecular weight excluding hydrogens is 372 g/mol. The average Bonchev–Trinajstić information content (AvgIpc) is 2.70. The molecule has 0 saturated carbocycles. The number of anilines is 2. The van der Waals surface area contributed by atoms with E-state index in [1.807, 2.05) is 17.0 Å². The molecule has 0 aliphatic carbocycles. The lowest BCUT2D eigenvalue weighted by Gasteiger charge is -2.42. The zero-order valence-corrected chi connectivity index (χ0v) is 16.5. The number of rotatable bonds is 3. The molecule has 152 valence electrons. The second-order valence-electron chi connectivity index (χ2n) is 7.59. The normalized spacial score (nSPS) is 19.9. The monoisotopic (exact) mass is 396 g/mol. The maximum Gasteiger partial charge on any atom is 0.323 e. The molecule has 0 spiro atoms. The highest BCUT2D eigenvalue weighted by atomic mass is 16.5. The lowest BCUT2D eigenvalue weighted by atomic mass is 9.83. The molecule has 4 rings (SSSR count). The van der Waals surface area contributed by atoms with E-state index < -0.39 is 6.03 Å². The quantitative estimate of drug-likeness (QED) is 0.834. The van der Waals surface area contributed by atoms with Crippen LogP contribution in [0.5, 0.6) is 5.75 Å². The number of hydrogen-bond acceptors (Lipinski definition) is 4. The van der Waals surface area contributed by atoms with Crippen molar-refractivity contribution in [3.05, 3.63) is 52.4 Å². The van der Waals surface area contributed by atoms with Gasteiger partial charge in [0.15, 0.2) is 0 Å². The van der Waals surface area contributed by atoms with Gasteiger partial charge in [-0.05, 0) is 36.6 Å². The van der Waals surface area contributed by atoms with Crippen LogP contribution in [0.4, 0.5) is 16.2 Å². The fourth-order valence-corrected chi connectivity index (χ4v) is 4.32. The first-order chi connectivity index (χ1) is 14.0. The van der Waals surface area contributed by atoms with Gasteiger partial charge in [0.1, 0.15) is 11.4 Å². The van der Waals surface area contributed by atoms with Crippen molar-refractivity contribution in [1.82, 2.24) is 9.47 Å². The Balaban J connectivity index is 1.54. The number of nitrogens with zero attached hydrogens (tertiary/aromatic N) is 2. The van der Waals surface area contributed by atoms with Crippen LogP contribution in [0.2, 0.25) is 0 Å². The number of ether oxygens (including phenoxy) is 1. The van der Waals surface area contributed by atoms with Gasteiger partial charge in [-0.15, -0.1) is 0 Å². The molecule has 1 fully saturated rings. The number of carbonyl (C=O) groups is 2. The van der Waals surface area contributed by atoms with Gasteiger partial charge in [-0.2, -0.15) is 0 Å². The molecule has 8 nitrogen and oxygen atoms in total. The molecule has 2 bridgehead atoms. The first kappa shape index (κ1) is 19.0. The van der Waals surface area contributed by atoms with Gasteiger partial charge in [0, 0.05) is 38.2 Å². The van der Waals surface area contributed by atoms with E-state index >= 15 is 0 Å². The first-order valence-electron chi connectivity index (χ1n) is 9.66. The standard InChI is InChI=1S/C21H24N4O4/c1-13(26)24-10-14-9-15(12-24)18-8-7-17(20(27)25(18)11-14)23-21(28)22-16-5-3-4-6-19(16)29-2/h3-8,14-15H,9-12H2,1-2H3,(H2,22,23,28)/t14-,15+/m0/s1. The molecule has 0 unspecified atom stereocenters. The van der Waals surface area contributed by atoms with E-state index in [2.05, 4.69) is 10.6 Å². The number of benzene rings is 1. The molecule has 3 heterocycles. The van der Waals surface area contributed by atoms with Crippen LogP contribution in [0, 0.1) is 5.92 Å². The van der Waals surface area contributed by atoms with E-state index in [0.717, 1.165) is 12.1 Å². The van der Waals surface area contributed by atoms with Gasteiger partial charge >= 0.3 is 6.03 Å². The van der Waals surface area contributed by atoms with Crippen LogP contribution >= 0.6 is 0 Å². The molecule has 8 heteroatoms. The minimum atomic E-state index is -0.508. The zero-order valence-electron chi connectivity index (χ0n) is 16.5. The minimum Gasteiger partial charge on any atom is -0.495 e. The van der Waals surface area contributed by atoms with E-state index in [-0.39, 0.29) is 29.0 Å². The Kier molecular flexibility index (Phi) is 5.00. The molecule has 1 saturated heterocycles. The summed E-state index contributed by atoms with van der Waals surface area (Å²) in [4.78, 5) is 39.0. The highest BCUT2D eigenvalue weighted by Crippen LogP contribution is 2.35. The third-order valence-electron chi connectivity index (χ3n) is 5.65. The van der Waals surface area contributed by atoms with Crippen molar-refractivity contribution < 1.29 is 14.3 Å². The first-order valence-corrected chi connectivity index (χ1v) is 9.66. The van der Waals surface area contributed by atoms with Gasteiger partial charge in [0.25, 0.3) is 5.56 Å². The molecular formula is C21H24N4O4. The highest BCUT2D eigenvalue weighted by Gasteiger charge is 2.35. The maximum absolute atomic E-state index is 13.0. The summed E-state index contributed by atoms with van der Waals surface area (Å²) < 4.78 is 6.97. The minimum absolute atomic E-state index is 0.0711. The Morgan fingerprint density at radius 3 is 2.55 bits per heavy atom. The van der Waals surface area contributed by atoms with Crippen LogP contribution in [0.15, 0.2) is 41.2 Å². The van der Waals surface area contributed by atoms with Crippen LogP contribution in [-0.2, 0) is 11.3 Å². The van der Waals surface area contributed by atoms with Crippen LogP contribution in [-0.4, -0.2) is 41.6 Å². The number of fused-ring (bicyclic) bond motifs is 4. The average molecular weight is 396 g/mol. The number of methoxy groups -OCH3 is 1. The largest absolute Gasteiger partial charge is 0.495 e. The predicted molar refractivity (Wildman–Crippen MR) is 109 cm³/mol. The van der Waals surface area contributed by atoms with E-state index in [9.17, 15) is 14.4 Å². The number of para-hydroxylation sites is 2. The Hall–Kier alpha value is -3.29. The van der Waals surface area contributed by atoms with Gasteiger partial charge in [-0.25, -0.2) is 4.79 Å². The summed E-state index contributed by atoms with van der Waals surface area (Å²) in [6.07, 6.45) is 0.976. The molecule has 3 amide bonds. The van der Waals surface area contributed by atoms with Gasteiger partial charge in [0.05, 0.1) is 12.8 Å². The molecule has 2 N–H and O–H groups in total. The Morgan fingerprint density at radius 2 is 1.79 bits per heavy atom. The van der Waals surface area contributed by atoms with Crippen molar-refractivity contribution in [3.8, 4) is 5.75 Å². The third kappa shape index (κ3) is 3.70. The van der Waals surface area contributed by atoms with Crippen molar-refractivity contribution in [2.24, 2.45) is 5.92 Å². The number of nitrogens with one attached hydrogen (secondary N) is 2. The maximum atomic E-state index is 13.0. The third-order valence-corrected chi connectivity index (χ3v) is 5.65. The number of urea groups is 1. The van der Waals surface area contributed by atoms with E-state index in [1.165, 1.54) is 7.11 Å². The fraction of sp³-hybridized carbons (Fsp3) is 0.381. The number of pyridine rings is 1. The topological polar surface area (TPSA) is 92.7 Å². The molecule has 2 aromatic rings. The summed E-state index contributed by atoms with van der Waals surface area (Å²) in [5.74, 6) is 1.01. The van der Waals surface area contributed by atoms with E-state index in [0.29, 0.717) is 31.1 Å². The molecule has 1 aromatic carbocycles. The van der Waals surface area contributed by atoms with Crippen molar-refractivity contribution >= 4 is 23.3 Å². The molecule has 2 aliphatic rings. The lowest BCUT2D eigenvalue weighted by Crippen LogP contribution is -2.48. The summed E-state index contributed by atoms with van der Waals surface area (Å²) in [6.45, 7) is 3.44. The second-order valence-corrected chi connectivity index (χ2v) is 7.59. The predicted octanol–water partition coefficient (Wildman–Crippen LogP) is 2.47. The number of carbonyl (C=O) groups excluding carboxylic acids is 2.